The average molecular weight is 388 g/mol. The highest BCUT2D eigenvalue weighted by Crippen LogP contribution is 2.30. The molecule has 1 N–H and O–H groups in total. The zero-order chi connectivity index (χ0) is 20.3. The minimum Gasteiger partial charge on any atom is -0.459 e. The summed E-state index contributed by atoms with van der Waals surface area (Å²) in [7, 11) is 0. The molecule has 9 nitrogen and oxygen atoms in total. The number of carbonyl (C=O) groups is 2. The quantitative estimate of drug-likeness (QED) is 0.757. The van der Waals surface area contributed by atoms with Gasteiger partial charge in [-0.05, 0) is 19.1 Å². The lowest BCUT2D eigenvalue weighted by atomic mass is 10.2. The first-order chi connectivity index (χ1) is 13.3. The maximum absolute atomic E-state index is 12.2. The van der Waals surface area contributed by atoms with Crippen LogP contribution < -0.4 is 11.2 Å². The van der Waals surface area contributed by atoms with Gasteiger partial charge in [-0.25, -0.2) is 9.59 Å². The van der Waals surface area contributed by atoms with Gasteiger partial charge in [-0.3, -0.25) is 19.1 Å². The van der Waals surface area contributed by atoms with Gasteiger partial charge in [0.25, 0.3) is 5.56 Å². The van der Waals surface area contributed by atoms with Gasteiger partial charge in [0.1, 0.15) is 12.7 Å². The third-order valence-corrected chi connectivity index (χ3v) is 4.29. The molecule has 0 radical (unpaired) electrons. The first-order valence-electron chi connectivity index (χ1n) is 8.72. The molecule has 148 valence electrons. The number of benzene rings is 1. The lowest BCUT2D eigenvalue weighted by Crippen LogP contribution is -2.37. The zero-order valence-corrected chi connectivity index (χ0v) is 15.4. The number of carbonyl (C=O) groups excluding carboxylic acids is 2. The van der Waals surface area contributed by atoms with E-state index in [2.05, 4.69) is 4.98 Å². The molecule has 0 saturated carbocycles. The molecule has 3 atom stereocenters. The molecule has 28 heavy (non-hydrogen) atoms. The predicted molar refractivity (Wildman–Crippen MR) is 96.9 cm³/mol. The Balaban J connectivity index is 1.75. The van der Waals surface area contributed by atoms with Gasteiger partial charge in [0.2, 0.25) is 0 Å². The van der Waals surface area contributed by atoms with E-state index in [1.807, 2.05) is 0 Å². The minimum atomic E-state index is -0.938. The number of hydrogen-bond acceptors (Lipinski definition) is 7. The highest BCUT2D eigenvalue weighted by Gasteiger charge is 2.40. The number of ether oxygens (including phenoxy) is 3. The minimum absolute atomic E-state index is 0.0704. The Bertz CT molecular complexity index is 980. The van der Waals surface area contributed by atoms with Crippen LogP contribution in [0.15, 0.2) is 46.1 Å². The van der Waals surface area contributed by atoms with Crippen molar-refractivity contribution in [3.8, 4) is 0 Å². The highest BCUT2D eigenvalue weighted by molar-refractivity contribution is 5.89. The number of esters is 2. The van der Waals surface area contributed by atoms with Gasteiger partial charge < -0.3 is 14.2 Å². The highest BCUT2D eigenvalue weighted by atomic mass is 16.6. The maximum atomic E-state index is 12.2. The summed E-state index contributed by atoms with van der Waals surface area (Å²) < 4.78 is 17.5. The van der Waals surface area contributed by atoms with Crippen LogP contribution in [0.1, 0.15) is 35.5 Å². The summed E-state index contributed by atoms with van der Waals surface area (Å²) in [6.45, 7) is 2.73. The van der Waals surface area contributed by atoms with Gasteiger partial charge in [-0.15, -0.1) is 0 Å². The Kier molecular flexibility index (Phi) is 5.74. The number of nitrogens with one attached hydrogen (secondary N) is 1. The van der Waals surface area contributed by atoms with Crippen LogP contribution in [0, 0.1) is 6.92 Å². The van der Waals surface area contributed by atoms with Crippen LogP contribution in [0.3, 0.4) is 0 Å². The molecule has 0 amide bonds. The second kappa shape index (κ2) is 8.22. The molecule has 1 saturated heterocycles. The summed E-state index contributed by atoms with van der Waals surface area (Å²) in [5.74, 6) is -1.04. The summed E-state index contributed by atoms with van der Waals surface area (Å²) in [4.78, 5) is 49.5. The molecule has 1 aliphatic heterocycles. The van der Waals surface area contributed by atoms with Crippen molar-refractivity contribution >= 4 is 11.9 Å². The van der Waals surface area contributed by atoms with Crippen molar-refractivity contribution in [2.24, 2.45) is 0 Å². The van der Waals surface area contributed by atoms with Crippen LogP contribution in [-0.4, -0.2) is 40.3 Å². The second-order valence-corrected chi connectivity index (χ2v) is 6.48. The van der Waals surface area contributed by atoms with Crippen LogP contribution in [0.25, 0.3) is 0 Å². The number of rotatable bonds is 5. The number of aryl methyl sites for hydroxylation is 1. The van der Waals surface area contributed by atoms with E-state index in [9.17, 15) is 19.2 Å². The Morgan fingerprint density at radius 2 is 1.96 bits per heavy atom. The largest absolute Gasteiger partial charge is 0.459 e. The standard InChI is InChI=1S/C19H20N2O7/c1-11-9-21(19(25)20-16(11)23)17-15(27-12(2)22)8-14(28-17)10-26-18(24)13-6-4-3-5-7-13/h3-7,9,14-15,17H,8,10H2,1-2H3,(H,20,23,25)/t14-,15+,17+/m0/s1. The van der Waals surface area contributed by atoms with E-state index in [-0.39, 0.29) is 13.0 Å². The lowest BCUT2D eigenvalue weighted by Gasteiger charge is -2.20. The van der Waals surface area contributed by atoms with Crippen molar-refractivity contribution in [1.29, 1.82) is 0 Å². The van der Waals surface area contributed by atoms with E-state index in [0.29, 0.717) is 11.1 Å². The van der Waals surface area contributed by atoms with E-state index in [1.54, 1.807) is 37.3 Å². The Hall–Kier alpha value is -3.20. The monoisotopic (exact) mass is 388 g/mol. The van der Waals surface area contributed by atoms with Crippen molar-refractivity contribution in [1.82, 2.24) is 9.55 Å². The van der Waals surface area contributed by atoms with Crippen LogP contribution >= 0.6 is 0 Å². The fourth-order valence-electron chi connectivity index (χ4n) is 2.99. The summed E-state index contributed by atoms with van der Waals surface area (Å²) in [6, 6.07) is 8.49. The van der Waals surface area contributed by atoms with E-state index in [1.165, 1.54) is 17.7 Å². The average Bonchev–Trinajstić information content (AvgIpc) is 3.05. The smallest absolute Gasteiger partial charge is 0.338 e. The number of H-pyrrole nitrogens is 1. The summed E-state index contributed by atoms with van der Waals surface area (Å²) in [5, 5.41) is 0. The van der Waals surface area contributed by atoms with Gasteiger partial charge in [0.05, 0.1) is 11.7 Å². The predicted octanol–water partition coefficient (Wildman–Crippen LogP) is 0.921. The third kappa shape index (κ3) is 4.37. The molecule has 0 bridgehead atoms. The van der Waals surface area contributed by atoms with Crippen molar-refractivity contribution in [2.45, 2.75) is 38.7 Å². The first kappa shape index (κ1) is 19.6. The van der Waals surface area contributed by atoms with Crippen molar-refractivity contribution in [2.75, 3.05) is 6.61 Å². The fraction of sp³-hybridized carbons (Fsp3) is 0.368. The molecule has 1 aromatic heterocycles. The zero-order valence-electron chi connectivity index (χ0n) is 15.4. The van der Waals surface area contributed by atoms with E-state index < -0.39 is 41.6 Å². The molecular formula is C19H20N2O7. The normalized spacial score (nSPS) is 21.3. The Morgan fingerprint density at radius 3 is 2.64 bits per heavy atom. The van der Waals surface area contributed by atoms with Crippen LogP contribution in [0.4, 0.5) is 0 Å². The Morgan fingerprint density at radius 1 is 1.25 bits per heavy atom. The first-order valence-corrected chi connectivity index (χ1v) is 8.72. The molecule has 1 fully saturated rings. The third-order valence-electron chi connectivity index (χ3n) is 4.29. The van der Waals surface area contributed by atoms with Crippen LogP contribution in [0.2, 0.25) is 0 Å². The lowest BCUT2D eigenvalue weighted by molar-refractivity contribution is -0.152. The molecule has 1 aromatic carbocycles. The van der Waals surface area contributed by atoms with Gasteiger partial charge in [0.15, 0.2) is 6.23 Å². The molecule has 0 spiro atoms. The molecule has 2 aromatic rings. The summed E-state index contributed by atoms with van der Waals surface area (Å²) in [6.07, 6.45) is -0.702. The van der Waals surface area contributed by atoms with Crippen molar-refractivity contribution < 1.29 is 23.8 Å². The topological polar surface area (TPSA) is 117 Å². The molecule has 9 heteroatoms. The molecule has 0 aliphatic carbocycles. The SMILES string of the molecule is CC(=O)O[C@@H]1C[C@@H](COC(=O)c2ccccc2)O[C@H]1n1cc(C)c(=O)[nH]c1=O. The summed E-state index contributed by atoms with van der Waals surface area (Å²) >= 11 is 0. The molecule has 1 aliphatic rings. The van der Waals surface area contributed by atoms with Crippen molar-refractivity contribution in [3.05, 3.63) is 68.5 Å². The van der Waals surface area contributed by atoms with Gasteiger partial charge in [-0.2, -0.15) is 0 Å². The van der Waals surface area contributed by atoms with E-state index >= 15 is 0 Å². The Labute approximate surface area is 159 Å². The maximum Gasteiger partial charge on any atom is 0.338 e. The van der Waals surface area contributed by atoms with E-state index in [0.717, 1.165) is 0 Å². The molecule has 0 unspecified atom stereocenters. The molecular weight excluding hydrogens is 368 g/mol. The second-order valence-electron chi connectivity index (χ2n) is 6.48. The number of hydrogen-bond donors (Lipinski definition) is 1. The van der Waals surface area contributed by atoms with Crippen molar-refractivity contribution in [3.63, 3.8) is 0 Å². The van der Waals surface area contributed by atoms with Gasteiger partial charge >= 0.3 is 17.6 Å². The number of aromatic nitrogens is 2. The molecule has 3 rings (SSSR count). The van der Waals surface area contributed by atoms with Crippen LogP contribution in [0.5, 0.6) is 0 Å². The number of nitrogens with zero attached hydrogens (tertiary/aromatic N) is 1. The fourth-order valence-corrected chi connectivity index (χ4v) is 2.99. The number of aromatic amines is 1. The summed E-state index contributed by atoms with van der Waals surface area (Å²) in [5.41, 5.74) is -0.471. The van der Waals surface area contributed by atoms with Gasteiger partial charge in [-0.1, -0.05) is 18.2 Å². The molecule has 2 heterocycles. The van der Waals surface area contributed by atoms with E-state index in [4.69, 9.17) is 14.2 Å². The van der Waals surface area contributed by atoms with Gasteiger partial charge in [0, 0.05) is 25.1 Å². The van der Waals surface area contributed by atoms with Crippen LogP contribution in [-0.2, 0) is 19.0 Å².